The Morgan fingerprint density at radius 2 is 1.50 bits per heavy atom. The third-order valence-corrected chi connectivity index (χ3v) is 6.75. The van der Waals surface area contributed by atoms with Gasteiger partial charge in [0.25, 0.3) is 0 Å². The molecule has 1 aromatic rings. The summed E-state index contributed by atoms with van der Waals surface area (Å²) in [6, 6.07) is 11.9. The SMILES string of the molecule is CCC1CCC(CCc2ccc(C3CCC(C#N)CC3)cc2)CC1. The van der Waals surface area contributed by atoms with E-state index in [0.29, 0.717) is 11.8 Å². The van der Waals surface area contributed by atoms with Crippen LogP contribution in [0.25, 0.3) is 0 Å². The molecule has 0 amide bonds. The van der Waals surface area contributed by atoms with Gasteiger partial charge in [0, 0.05) is 5.92 Å². The van der Waals surface area contributed by atoms with E-state index in [9.17, 15) is 0 Å². The number of hydrogen-bond acceptors (Lipinski definition) is 1. The lowest BCUT2D eigenvalue weighted by Crippen LogP contribution is -2.14. The summed E-state index contributed by atoms with van der Waals surface area (Å²) in [6.45, 7) is 2.35. The zero-order chi connectivity index (χ0) is 16.8. The minimum atomic E-state index is 0.309. The van der Waals surface area contributed by atoms with Gasteiger partial charge in [0.05, 0.1) is 6.07 Å². The van der Waals surface area contributed by atoms with Gasteiger partial charge in [-0.2, -0.15) is 5.26 Å². The van der Waals surface area contributed by atoms with Crippen LogP contribution in [0.4, 0.5) is 0 Å². The molecule has 0 unspecified atom stereocenters. The Bertz CT molecular complexity index is 522. The summed E-state index contributed by atoms with van der Waals surface area (Å²) in [5.41, 5.74) is 3.01. The predicted octanol–water partition coefficient (Wildman–Crippen LogP) is 6.63. The molecule has 2 aliphatic carbocycles. The molecule has 0 aromatic heterocycles. The zero-order valence-corrected chi connectivity index (χ0v) is 15.3. The molecule has 3 rings (SSSR count). The largest absolute Gasteiger partial charge is 0.198 e. The van der Waals surface area contributed by atoms with Gasteiger partial charge in [0.15, 0.2) is 0 Å². The molecule has 130 valence electrons. The average molecular weight is 324 g/mol. The van der Waals surface area contributed by atoms with Crippen LogP contribution in [0.3, 0.4) is 0 Å². The Balaban J connectivity index is 1.44. The molecular formula is C23H33N. The molecule has 2 aliphatic rings. The molecule has 0 heterocycles. The summed E-state index contributed by atoms with van der Waals surface area (Å²) >= 11 is 0. The van der Waals surface area contributed by atoms with Crippen molar-refractivity contribution in [2.75, 3.05) is 0 Å². The molecule has 0 atom stereocenters. The third-order valence-electron chi connectivity index (χ3n) is 6.75. The monoisotopic (exact) mass is 323 g/mol. The van der Waals surface area contributed by atoms with E-state index in [4.69, 9.17) is 5.26 Å². The van der Waals surface area contributed by atoms with Gasteiger partial charge in [-0.25, -0.2) is 0 Å². The molecule has 0 aliphatic heterocycles. The van der Waals surface area contributed by atoms with Crippen molar-refractivity contribution < 1.29 is 0 Å². The molecule has 2 saturated carbocycles. The van der Waals surface area contributed by atoms with Crippen molar-refractivity contribution >= 4 is 0 Å². The first-order valence-electron chi connectivity index (χ1n) is 10.3. The Morgan fingerprint density at radius 1 is 0.875 bits per heavy atom. The van der Waals surface area contributed by atoms with E-state index in [1.54, 1.807) is 0 Å². The maximum Gasteiger partial charge on any atom is 0.0655 e. The highest BCUT2D eigenvalue weighted by Gasteiger charge is 2.22. The lowest BCUT2D eigenvalue weighted by molar-refractivity contribution is 0.259. The summed E-state index contributed by atoms with van der Waals surface area (Å²) in [6.07, 6.45) is 14.4. The quantitative estimate of drug-likeness (QED) is 0.596. The lowest BCUT2D eigenvalue weighted by atomic mass is 9.78. The molecule has 0 spiro atoms. The smallest absolute Gasteiger partial charge is 0.0655 e. The molecule has 1 heteroatoms. The van der Waals surface area contributed by atoms with Gasteiger partial charge >= 0.3 is 0 Å². The number of hydrogen-bond donors (Lipinski definition) is 0. The van der Waals surface area contributed by atoms with Crippen molar-refractivity contribution in [3.8, 4) is 6.07 Å². The van der Waals surface area contributed by atoms with Crippen molar-refractivity contribution in [1.82, 2.24) is 0 Å². The molecule has 1 aromatic carbocycles. The Hall–Kier alpha value is -1.29. The van der Waals surface area contributed by atoms with Crippen molar-refractivity contribution in [2.45, 2.75) is 83.5 Å². The van der Waals surface area contributed by atoms with Crippen LogP contribution in [-0.2, 0) is 6.42 Å². The van der Waals surface area contributed by atoms with E-state index >= 15 is 0 Å². The van der Waals surface area contributed by atoms with E-state index in [2.05, 4.69) is 37.3 Å². The molecule has 0 saturated heterocycles. The topological polar surface area (TPSA) is 23.8 Å². The predicted molar refractivity (Wildman–Crippen MR) is 101 cm³/mol. The lowest BCUT2D eigenvalue weighted by Gasteiger charge is -2.28. The zero-order valence-electron chi connectivity index (χ0n) is 15.3. The van der Waals surface area contributed by atoms with Gasteiger partial charge < -0.3 is 0 Å². The highest BCUT2D eigenvalue weighted by molar-refractivity contribution is 5.26. The number of benzene rings is 1. The molecule has 1 nitrogen and oxygen atoms in total. The van der Waals surface area contributed by atoms with Gasteiger partial charge in [-0.1, -0.05) is 63.3 Å². The fourth-order valence-corrected chi connectivity index (χ4v) is 4.81. The molecule has 0 N–H and O–H groups in total. The first-order valence-corrected chi connectivity index (χ1v) is 10.3. The normalized spacial score (nSPS) is 30.7. The van der Waals surface area contributed by atoms with E-state index < -0.39 is 0 Å². The molecular weight excluding hydrogens is 290 g/mol. The van der Waals surface area contributed by atoms with Crippen molar-refractivity contribution in [3.63, 3.8) is 0 Å². The van der Waals surface area contributed by atoms with E-state index in [-0.39, 0.29) is 0 Å². The Labute approximate surface area is 148 Å². The van der Waals surface area contributed by atoms with Gasteiger partial charge in [-0.15, -0.1) is 0 Å². The van der Waals surface area contributed by atoms with Gasteiger partial charge in [-0.05, 0) is 67.4 Å². The van der Waals surface area contributed by atoms with E-state index in [0.717, 1.165) is 24.7 Å². The molecule has 24 heavy (non-hydrogen) atoms. The minimum absolute atomic E-state index is 0.309. The Kier molecular flexibility index (Phi) is 6.36. The van der Waals surface area contributed by atoms with Crippen LogP contribution in [0.15, 0.2) is 24.3 Å². The van der Waals surface area contributed by atoms with Crippen LogP contribution in [-0.4, -0.2) is 0 Å². The Morgan fingerprint density at radius 3 is 2.08 bits per heavy atom. The third kappa shape index (κ3) is 4.62. The van der Waals surface area contributed by atoms with Gasteiger partial charge in [0.2, 0.25) is 0 Å². The van der Waals surface area contributed by atoms with Crippen LogP contribution < -0.4 is 0 Å². The molecule has 0 bridgehead atoms. The second-order valence-corrected chi connectivity index (χ2v) is 8.25. The number of nitrogens with zero attached hydrogens (tertiary/aromatic N) is 1. The average Bonchev–Trinajstić information content (AvgIpc) is 2.67. The van der Waals surface area contributed by atoms with Crippen LogP contribution in [0.2, 0.25) is 0 Å². The molecule has 2 fully saturated rings. The number of aryl methyl sites for hydroxylation is 1. The van der Waals surface area contributed by atoms with Crippen LogP contribution in [0.1, 0.15) is 88.2 Å². The maximum atomic E-state index is 9.03. The second kappa shape index (κ2) is 8.70. The number of nitriles is 1. The first kappa shape index (κ1) is 17.5. The summed E-state index contributed by atoms with van der Waals surface area (Å²) in [7, 11) is 0. The number of rotatable bonds is 5. The summed E-state index contributed by atoms with van der Waals surface area (Å²) in [5.74, 6) is 2.97. The minimum Gasteiger partial charge on any atom is -0.198 e. The van der Waals surface area contributed by atoms with E-state index in [1.165, 1.54) is 68.9 Å². The van der Waals surface area contributed by atoms with Crippen LogP contribution >= 0.6 is 0 Å². The summed E-state index contributed by atoms with van der Waals surface area (Å²) < 4.78 is 0. The van der Waals surface area contributed by atoms with Crippen LogP contribution in [0, 0.1) is 29.1 Å². The fraction of sp³-hybridized carbons (Fsp3) is 0.696. The van der Waals surface area contributed by atoms with Gasteiger partial charge in [0.1, 0.15) is 0 Å². The highest BCUT2D eigenvalue weighted by Crippen LogP contribution is 2.36. The highest BCUT2D eigenvalue weighted by atomic mass is 14.3. The molecule has 0 radical (unpaired) electrons. The van der Waals surface area contributed by atoms with Gasteiger partial charge in [-0.3, -0.25) is 0 Å². The maximum absolute atomic E-state index is 9.03. The summed E-state index contributed by atoms with van der Waals surface area (Å²) in [4.78, 5) is 0. The van der Waals surface area contributed by atoms with Crippen LogP contribution in [0.5, 0.6) is 0 Å². The van der Waals surface area contributed by atoms with Crippen molar-refractivity contribution in [3.05, 3.63) is 35.4 Å². The first-order chi connectivity index (χ1) is 11.8. The van der Waals surface area contributed by atoms with E-state index in [1.807, 2.05) is 0 Å². The standard InChI is InChI=1S/C23H33N/c1-2-18-3-5-19(6-4-18)7-8-20-9-13-22(14-10-20)23-15-11-21(17-24)12-16-23/h9-10,13-14,18-19,21,23H,2-8,11-12,15-16H2,1H3. The van der Waals surface area contributed by atoms with Crippen molar-refractivity contribution in [1.29, 1.82) is 5.26 Å². The summed E-state index contributed by atoms with van der Waals surface area (Å²) in [5, 5.41) is 9.03. The fourth-order valence-electron chi connectivity index (χ4n) is 4.81. The van der Waals surface area contributed by atoms with Crippen molar-refractivity contribution in [2.24, 2.45) is 17.8 Å². The second-order valence-electron chi connectivity index (χ2n) is 8.25.